The van der Waals surface area contributed by atoms with Gasteiger partial charge < -0.3 is 15.3 Å². The van der Waals surface area contributed by atoms with Gasteiger partial charge in [0.15, 0.2) is 0 Å². The summed E-state index contributed by atoms with van der Waals surface area (Å²) in [5.74, 6) is -0.656. The lowest BCUT2D eigenvalue weighted by Crippen LogP contribution is -2.43. The molecule has 5 nitrogen and oxygen atoms in total. The van der Waals surface area contributed by atoms with Gasteiger partial charge in [0.1, 0.15) is 0 Å². The molecule has 6 heteroatoms. The van der Waals surface area contributed by atoms with Crippen LogP contribution in [0.2, 0.25) is 0 Å². The number of hydrogen-bond donors (Lipinski definition) is 2. The van der Waals surface area contributed by atoms with Crippen LogP contribution in [0.25, 0.3) is 0 Å². The van der Waals surface area contributed by atoms with Gasteiger partial charge in [-0.3, -0.25) is 4.79 Å². The van der Waals surface area contributed by atoms with Crippen molar-refractivity contribution in [1.82, 2.24) is 10.2 Å². The molecule has 19 heavy (non-hydrogen) atoms. The van der Waals surface area contributed by atoms with Gasteiger partial charge in [-0.1, -0.05) is 0 Å². The van der Waals surface area contributed by atoms with Crippen molar-refractivity contribution >= 4 is 23.8 Å². The van der Waals surface area contributed by atoms with Gasteiger partial charge >= 0.3 is 12.0 Å². The number of urea groups is 1. The highest BCUT2D eigenvalue weighted by molar-refractivity contribution is 7.99. The second-order valence-electron chi connectivity index (χ2n) is 5.52. The van der Waals surface area contributed by atoms with Crippen molar-refractivity contribution in [1.29, 1.82) is 0 Å². The van der Waals surface area contributed by atoms with Gasteiger partial charge in [0.25, 0.3) is 0 Å². The number of carbonyl (C=O) groups is 2. The van der Waals surface area contributed by atoms with E-state index < -0.39 is 5.97 Å². The van der Waals surface area contributed by atoms with Crippen LogP contribution in [0.1, 0.15) is 32.1 Å². The Kier molecular flexibility index (Phi) is 4.96. The molecule has 0 radical (unpaired) electrons. The Balaban J connectivity index is 1.74. The van der Waals surface area contributed by atoms with Crippen molar-refractivity contribution in [3.8, 4) is 0 Å². The van der Waals surface area contributed by atoms with Crippen LogP contribution in [0.4, 0.5) is 4.79 Å². The predicted octanol–water partition coefficient (Wildman–Crippen LogP) is 1.78. The first-order valence-electron chi connectivity index (χ1n) is 6.88. The van der Waals surface area contributed by atoms with Crippen molar-refractivity contribution in [3.63, 3.8) is 0 Å². The van der Waals surface area contributed by atoms with E-state index in [0.29, 0.717) is 24.4 Å². The fraction of sp³-hybridized carbons (Fsp3) is 0.846. The third kappa shape index (κ3) is 4.03. The molecule has 0 aromatic rings. The maximum Gasteiger partial charge on any atom is 0.317 e. The van der Waals surface area contributed by atoms with Crippen molar-refractivity contribution in [2.75, 3.05) is 19.3 Å². The van der Waals surface area contributed by atoms with Crippen LogP contribution >= 0.6 is 11.8 Å². The minimum absolute atomic E-state index is 0.0142. The maximum atomic E-state index is 12.1. The first-order valence-corrected chi connectivity index (χ1v) is 8.17. The predicted molar refractivity (Wildman–Crippen MR) is 75.4 cm³/mol. The number of hydrogen-bond acceptors (Lipinski definition) is 3. The third-order valence-electron chi connectivity index (χ3n) is 4.08. The zero-order valence-corrected chi connectivity index (χ0v) is 12.1. The Hall–Kier alpha value is -0.910. The summed E-state index contributed by atoms with van der Waals surface area (Å²) in [4.78, 5) is 24.5. The number of amides is 2. The Labute approximate surface area is 118 Å². The number of carboxylic acids is 1. The molecule has 1 heterocycles. The van der Waals surface area contributed by atoms with E-state index in [4.69, 9.17) is 5.11 Å². The summed E-state index contributed by atoms with van der Waals surface area (Å²) in [7, 11) is 0. The largest absolute Gasteiger partial charge is 0.481 e. The number of thioether (sulfide) groups is 1. The van der Waals surface area contributed by atoms with E-state index in [2.05, 4.69) is 11.6 Å². The van der Waals surface area contributed by atoms with Crippen molar-refractivity contribution in [2.45, 2.75) is 43.4 Å². The highest BCUT2D eigenvalue weighted by Gasteiger charge is 2.30. The summed E-state index contributed by atoms with van der Waals surface area (Å²) >= 11 is 1.87. The molecule has 2 aliphatic rings. The van der Waals surface area contributed by atoms with Gasteiger partial charge in [0.05, 0.1) is 0 Å². The van der Waals surface area contributed by atoms with Crippen LogP contribution in [-0.2, 0) is 4.79 Å². The van der Waals surface area contributed by atoms with E-state index in [-0.39, 0.29) is 18.4 Å². The quantitative estimate of drug-likeness (QED) is 0.826. The SMILES string of the molecule is CSC1CCC(NC(=O)N2CCC(CC(=O)O)C2)C1. The summed E-state index contributed by atoms with van der Waals surface area (Å²) in [6.45, 7) is 1.26. The Morgan fingerprint density at radius 2 is 2.16 bits per heavy atom. The van der Waals surface area contributed by atoms with Crippen molar-refractivity contribution in [2.24, 2.45) is 5.92 Å². The molecule has 1 aliphatic carbocycles. The first kappa shape index (κ1) is 14.5. The van der Waals surface area contributed by atoms with E-state index in [1.165, 1.54) is 6.42 Å². The molecule has 1 aliphatic heterocycles. The molecular weight excluding hydrogens is 264 g/mol. The number of carboxylic acid groups (broad SMARTS) is 1. The summed E-state index contributed by atoms with van der Waals surface area (Å²) in [5.41, 5.74) is 0. The molecule has 1 saturated carbocycles. The van der Waals surface area contributed by atoms with E-state index >= 15 is 0 Å². The van der Waals surface area contributed by atoms with E-state index in [9.17, 15) is 9.59 Å². The molecule has 1 saturated heterocycles. The standard InChI is InChI=1S/C13H22N2O3S/c1-19-11-3-2-10(7-11)14-13(18)15-5-4-9(8-15)6-12(16)17/h9-11H,2-8H2,1H3,(H,14,18)(H,16,17). The molecule has 2 amide bonds. The summed E-state index contributed by atoms with van der Waals surface area (Å²) < 4.78 is 0. The molecule has 0 spiro atoms. The smallest absolute Gasteiger partial charge is 0.317 e. The number of nitrogens with one attached hydrogen (secondary N) is 1. The van der Waals surface area contributed by atoms with Crippen LogP contribution in [0.5, 0.6) is 0 Å². The highest BCUT2D eigenvalue weighted by atomic mass is 32.2. The Bertz CT molecular complexity index is 351. The summed E-state index contributed by atoms with van der Waals surface area (Å²) in [5, 5.41) is 12.5. The maximum absolute atomic E-state index is 12.1. The third-order valence-corrected chi connectivity index (χ3v) is 5.18. The summed E-state index contributed by atoms with van der Waals surface area (Å²) in [6.07, 6.45) is 6.38. The Morgan fingerprint density at radius 3 is 2.79 bits per heavy atom. The number of likely N-dealkylation sites (tertiary alicyclic amines) is 1. The zero-order chi connectivity index (χ0) is 13.8. The van der Waals surface area contributed by atoms with Gasteiger partial charge in [-0.15, -0.1) is 0 Å². The number of carbonyl (C=O) groups excluding carboxylic acids is 1. The number of nitrogens with zero attached hydrogens (tertiary/aromatic N) is 1. The number of aliphatic carboxylic acids is 1. The van der Waals surface area contributed by atoms with Gasteiger partial charge in [-0.05, 0) is 37.9 Å². The molecule has 2 fully saturated rings. The lowest BCUT2D eigenvalue weighted by molar-refractivity contribution is -0.138. The van der Waals surface area contributed by atoms with Crippen molar-refractivity contribution in [3.05, 3.63) is 0 Å². The molecule has 0 bridgehead atoms. The zero-order valence-electron chi connectivity index (χ0n) is 11.3. The molecule has 3 atom stereocenters. The van der Waals surface area contributed by atoms with E-state index in [0.717, 1.165) is 19.3 Å². The second-order valence-corrected chi connectivity index (χ2v) is 6.65. The van der Waals surface area contributed by atoms with Crippen LogP contribution in [0, 0.1) is 5.92 Å². The molecule has 0 aromatic heterocycles. The number of rotatable bonds is 4. The molecule has 108 valence electrons. The van der Waals surface area contributed by atoms with E-state index in [1.807, 2.05) is 11.8 Å². The minimum Gasteiger partial charge on any atom is -0.481 e. The monoisotopic (exact) mass is 286 g/mol. The molecule has 0 aromatic carbocycles. The van der Waals surface area contributed by atoms with Crippen LogP contribution < -0.4 is 5.32 Å². The van der Waals surface area contributed by atoms with Crippen LogP contribution in [0.3, 0.4) is 0 Å². The fourth-order valence-electron chi connectivity index (χ4n) is 2.98. The molecule has 2 N–H and O–H groups in total. The van der Waals surface area contributed by atoms with Gasteiger partial charge in [-0.2, -0.15) is 11.8 Å². The van der Waals surface area contributed by atoms with Crippen LogP contribution in [0.15, 0.2) is 0 Å². The molecule has 2 rings (SSSR count). The normalized spacial score (nSPS) is 30.6. The van der Waals surface area contributed by atoms with E-state index in [1.54, 1.807) is 4.90 Å². The minimum atomic E-state index is -0.772. The summed E-state index contributed by atoms with van der Waals surface area (Å²) in [6, 6.07) is 0.281. The first-order chi connectivity index (χ1) is 9.08. The van der Waals surface area contributed by atoms with Gasteiger partial charge in [-0.25, -0.2) is 4.79 Å². The van der Waals surface area contributed by atoms with Crippen molar-refractivity contribution < 1.29 is 14.7 Å². The lowest BCUT2D eigenvalue weighted by atomic mass is 10.1. The lowest BCUT2D eigenvalue weighted by Gasteiger charge is -2.20. The molecule has 3 unspecified atom stereocenters. The average molecular weight is 286 g/mol. The molecular formula is C13H22N2O3S. The van der Waals surface area contributed by atoms with Gasteiger partial charge in [0.2, 0.25) is 0 Å². The topological polar surface area (TPSA) is 69.6 Å². The fourth-order valence-corrected chi connectivity index (χ4v) is 3.78. The van der Waals surface area contributed by atoms with Gasteiger partial charge in [0, 0.05) is 30.8 Å². The Morgan fingerprint density at radius 1 is 1.37 bits per heavy atom. The highest BCUT2D eigenvalue weighted by Crippen LogP contribution is 2.28. The second kappa shape index (κ2) is 6.50. The average Bonchev–Trinajstić information content (AvgIpc) is 2.97. The van der Waals surface area contributed by atoms with Crippen LogP contribution in [-0.4, -0.2) is 52.6 Å².